The van der Waals surface area contributed by atoms with Crippen molar-refractivity contribution in [3.8, 4) is 0 Å². The van der Waals surface area contributed by atoms with Crippen molar-refractivity contribution in [2.75, 3.05) is 18.4 Å². The SMILES string of the molecule is Cc1ccc(Cc2nnc(NC(=O)C3CCCN(S(=O)(=O)c4ccc(F)cc4)C3)o2)cc1. The predicted octanol–water partition coefficient (Wildman–Crippen LogP) is 3.15. The van der Waals surface area contributed by atoms with Crippen molar-refractivity contribution in [3.63, 3.8) is 0 Å². The van der Waals surface area contributed by atoms with Gasteiger partial charge in [0, 0.05) is 13.1 Å². The molecule has 10 heteroatoms. The number of hydrogen-bond acceptors (Lipinski definition) is 6. The van der Waals surface area contributed by atoms with Gasteiger partial charge in [-0.1, -0.05) is 34.9 Å². The second-order valence-electron chi connectivity index (χ2n) is 7.81. The Morgan fingerprint density at radius 2 is 1.88 bits per heavy atom. The largest absolute Gasteiger partial charge is 0.407 e. The number of nitrogens with zero attached hydrogens (tertiary/aromatic N) is 3. The van der Waals surface area contributed by atoms with E-state index in [4.69, 9.17) is 4.42 Å². The van der Waals surface area contributed by atoms with E-state index >= 15 is 0 Å². The van der Waals surface area contributed by atoms with Crippen LogP contribution in [0, 0.1) is 18.7 Å². The summed E-state index contributed by atoms with van der Waals surface area (Å²) in [5.41, 5.74) is 2.15. The zero-order valence-electron chi connectivity index (χ0n) is 17.5. The topological polar surface area (TPSA) is 105 Å². The molecule has 1 fully saturated rings. The number of carbonyl (C=O) groups is 1. The molecule has 1 aromatic heterocycles. The molecular weight excluding hydrogens is 435 g/mol. The first-order chi connectivity index (χ1) is 15.3. The second-order valence-corrected chi connectivity index (χ2v) is 9.75. The van der Waals surface area contributed by atoms with Gasteiger partial charge < -0.3 is 4.42 Å². The molecule has 0 saturated carbocycles. The molecule has 4 rings (SSSR count). The summed E-state index contributed by atoms with van der Waals surface area (Å²) in [7, 11) is -3.82. The van der Waals surface area contributed by atoms with Crippen LogP contribution in [-0.2, 0) is 21.2 Å². The van der Waals surface area contributed by atoms with E-state index in [1.54, 1.807) is 0 Å². The Labute approximate surface area is 185 Å². The Kier molecular flexibility index (Phi) is 6.33. The molecule has 0 bridgehead atoms. The van der Waals surface area contributed by atoms with Crippen LogP contribution in [0.25, 0.3) is 0 Å². The van der Waals surface area contributed by atoms with Crippen LogP contribution in [-0.4, -0.2) is 41.9 Å². The highest BCUT2D eigenvalue weighted by Gasteiger charge is 2.33. The maximum atomic E-state index is 13.2. The lowest BCUT2D eigenvalue weighted by Gasteiger charge is -2.30. The van der Waals surface area contributed by atoms with Gasteiger partial charge in [0.25, 0.3) is 0 Å². The van der Waals surface area contributed by atoms with E-state index in [0.717, 1.165) is 23.3 Å². The van der Waals surface area contributed by atoms with Crippen molar-refractivity contribution in [2.45, 2.75) is 31.1 Å². The second kappa shape index (κ2) is 9.17. The lowest BCUT2D eigenvalue weighted by atomic mass is 9.99. The average molecular weight is 459 g/mol. The minimum atomic E-state index is -3.82. The minimum absolute atomic E-state index is 0.00222. The van der Waals surface area contributed by atoms with Crippen LogP contribution in [0.5, 0.6) is 0 Å². The van der Waals surface area contributed by atoms with Crippen molar-refractivity contribution in [1.29, 1.82) is 0 Å². The first-order valence-electron chi connectivity index (χ1n) is 10.3. The van der Waals surface area contributed by atoms with Crippen molar-refractivity contribution >= 4 is 21.9 Å². The van der Waals surface area contributed by atoms with Gasteiger partial charge in [0.1, 0.15) is 5.82 Å². The third kappa shape index (κ3) is 5.03. The highest BCUT2D eigenvalue weighted by atomic mass is 32.2. The fourth-order valence-corrected chi connectivity index (χ4v) is 5.12. The smallest absolute Gasteiger partial charge is 0.322 e. The third-order valence-corrected chi connectivity index (χ3v) is 7.26. The Hall–Kier alpha value is -3.11. The fraction of sp³-hybridized carbons (Fsp3) is 0.318. The first kappa shape index (κ1) is 22.1. The van der Waals surface area contributed by atoms with Gasteiger partial charge in [-0.25, -0.2) is 12.8 Å². The molecule has 1 N–H and O–H groups in total. The zero-order valence-corrected chi connectivity index (χ0v) is 18.3. The Morgan fingerprint density at radius 3 is 2.59 bits per heavy atom. The molecule has 32 heavy (non-hydrogen) atoms. The molecule has 0 aliphatic carbocycles. The monoisotopic (exact) mass is 458 g/mol. The molecule has 2 aromatic carbocycles. The van der Waals surface area contributed by atoms with Crippen molar-refractivity contribution in [1.82, 2.24) is 14.5 Å². The number of benzene rings is 2. The lowest BCUT2D eigenvalue weighted by molar-refractivity contribution is -0.121. The van der Waals surface area contributed by atoms with E-state index in [1.165, 1.54) is 16.4 Å². The molecule has 1 saturated heterocycles. The zero-order chi connectivity index (χ0) is 22.7. The number of piperidine rings is 1. The summed E-state index contributed by atoms with van der Waals surface area (Å²) in [4.78, 5) is 12.7. The summed E-state index contributed by atoms with van der Waals surface area (Å²) in [6, 6.07) is 12.6. The number of aryl methyl sites for hydroxylation is 1. The molecule has 1 aliphatic rings. The van der Waals surface area contributed by atoms with Gasteiger partial charge >= 0.3 is 6.01 Å². The predicted molar refractivity (Wildman–Crippen MR) is 115 cm³/mol. The average Bonchev–Trinajstić information content (AvgIpc) is 3.22. The summed E-state index contributed by atoms with van der Waals surface area (Å²) >= 11 is 0. The molecule has 0 spiro atoms. The number of carbonyl (C=O) groups excluding carboxylic acids is 1. The summed E-state index contributed by atoms with van der Waals surface area (Å²) in [5, 5.41) is 10.4. The van der Waals surface area contributed by atoms with Gasteiger partial charge in [-0.05, 0) is 49.6 Å². The summed E-state index contributed by atoms with van der Waals surface area (Å²) < 4.78 is 45.6. The number of hydrogen-bond donors (Lipinski definition) is 1. The maximum absolute atomic E-state index is 13.2. The van der Waals surface area contributed by atoms with Crippen LogP contribution in [0.15, 0.2) is 57.8 Å². The number of amides is 1. The Bertz CT molecular complexity index is 1190. The number of anilines is 1. The summed E-state index contributed by atoms with van der Waals surface area (Å²) in [6.07, 6.45) is 1.50. The summed E-state index contributed by atoms with van der Waals surface area (Å²) in [6.45, 7) is 2.32. The van der Waals surface area contributed by atoms with Crippen molar-refractivity contribution in [2.24, 2.45) is 5.92 Å². The molecule has 168 valence electrons. The van der Waals surface area contributed by atoms with Gasteiger partial charge in [0.2, 0.25) is 21.8 Å². The number of rotatable bonds is 6. The van der Waals surface area contributed by atoms with E-state index in [9.17, 15) is 17.6 Å². The van der Waals surface area contributed by atoms with Gasteiger partial charge in [-0.3, -0.25) is 10.1 Å². The van der Waals surface area contributed by atoms with E-state index in [2.05, 4.69) is 15.5 Å². The third-order valence-electron chi connectivity index (χ3n) is 5.38. The molecule has 1 unspecified atom stereocenters. The Morgan fingerprint density at radius 1 is 1.16 bits per heavy atom. The number of sulfonamides is 1. The molecule has 1 aliphatic heterocycles. The van der Waals surface area contributed by atoms with E-state index in [0.29, 0.717) is 31.7 Å². The van der Waals surface area contributed by atoms with Gasteiger partial charge in [0.15, 0.2) is 0 Å². The quantitative estimate of drug-likeness (QED) is 0.608. The molecule has 2 heterocycles. The van der Waals surface area contributed by atoms with Crippen molar-refractivity contribution < 1.29 is 22.0 Å². The van der Waals surface area contributed by atoms with Crippen LogP contribution in [0.4, 0.5) is 10.4 Å². The van der Waals surface area contributed by atoms with Crippen molar-refractivity contribution in [3.05, 3.63) is 71.4 Å². The Balaban J connectivity index is 1.39. The van der Waals surface area contributed by atoms with E-state index in [1.807, 2.05) is 31.2 Å². The normalized spacial score (nSPS) is 17.2. The summed E-state index contributed by atoms with van der Waals surface area (Å²) in [5.74, 6) is -1.09. The van der Waals surface area contributed by atoms with Crippen LogP contribution >= 0.6 is 0 Å². The van der Waals surface area contributed by atoms with Gasteiger partial charge in [-0.15, -0.1) is 5.10 Å². The first-order valence-corrected chi connectivity index (χ1v) is 11.7. The van der Waals surface area contributed by atoms with E-state index in [-0.39, 0.29) is 23.4 Å². The number of halogens is 1. The van der Waals surface area contributed by atoms with Crippen LogP contribution in [0.2, 0.25) is 0 Å². The van der Waals surface area contributed by atoms with Gasteiger partial charge in [0.05, 0.1) is 17.2 Å². The van der Waals surface area contributed by atoms with Crippen LogP contribution in [0.1, 0.15) is 29.9 Å². The highest BCUT2D eigenvalue weighted by molar-refractivity contribution is 7.89. The molecule has 1 amide bonds. The minimum Gasteiger partial charge on any atom is -0.407 e. The maximum Gasteiger partial charge on any atom is 0.322 e. The van der Waals surface area contributed by atoms with E-state index < -0.39 is 21.8 Å². The highest BCUT2D eigenvalue weighted by Crippen LogP contribution is 2.25. The van der Waals surface area contributed by atoms with Crippen LogP contribution in [0.3, 0.4) is 0 Å². The van der Waals surface area contributed by atoms with Gasteiger partial charge in [-0.2, -0.15) is 4.31 Å². The molecular formula is C22H23FN4O4S. The fourth-order valence-electron chi connectivity index (χ4n) is 3.59. The lowest BCUT2D eigenvalue weighted by Crippen LogP contribution is -2.43. The molecule has 1 atom stereocenters. The standard InChI is InChI=1S/C22H23FN4O4S/c1-15-4-6-16(7-5-15)13-20-25-26-22(31-20)24-21(28)17-3-2-12-27(14-17)32(29,30)19-10-8-18(23)9-11-19/h4-11,17H,2-3,12-14H2,1H3,(H,24,26,28). The van der Waals surface area contributed by atoms with Crippen LogP contribution < -0.4 is 5.32 Å². The molecule has 0 radical (unpaired) electrons. The number of nitrogens with one attached hydrogen (secondary N) is 1. The number of aromatic nitrogens is 2. The molecule has 3 aromatic rings. The molecule has 8 nitrogen and oxygen atoms in total.